The molecular weight excluding hydrogens is 392 g/mol. The van der Waals surface area contributed by atoms with E-state index >= 15 is 0 Å². The van der Waals surface area contributed by atoms with Crippen LogP contribution in [0.5, 0.6) is 0 Å². The summed E-state index contributed by atoms with van der Waals surface area (Å²) in [7, 11) is 3.27. The van der Waals surface area contributed by atoms with Gasteiger partial charge in [-0.25, -0.2) is 5.01 Å². The molecule has 0 fully saturated rings. The van der Waals surface area contributed by atoms with Crippen LogP contribution in [0.3, 0.4) is 0 Å². The van der Waals surface area contributed by atoms with Crippen molar-refractivity contribution in [3.63, 3.8) is 0 Å². The Morgan fingerprint density at radius 1 is 1.14 bits per heavy atom. The van der Waals surface area contributed by atoms with Crippen molar-refractivity contribution in [3.8, 4) is 0 Å². The molecule has 0 saturated heterocycles. The van der Waals surface area contributed by atoms with E-state index in [2.05, 4.69) is 10.4 Å². The molecule has 0 spiro atoms. The van der Waals surface area contributed by atoms with Gasteiger partial charge in [-0.05, 0) is 42.8 Å². The van der Waals surface area contributed by atoms with E-state index in [1.54, 1.807) is 32.3 Å². The zero-order chi connectivity index (χ0) is 21.1. The van der Waals surface area contributed by atoms with Crippen LogP contribution >= 0.6 is 11.6 Å². The second-order valence-corrected chi connectivity index (χ2v) is 7.35. The van der Waals surface area contributed by atoms with Crippen LogP contribution in [0.25, 0.3) is 0 Å². The molecule has 1 heterocycles. The fourth-order valence-electron chi connectivity index (χ4n) is 2.89. The van der Waals surface area contributed by atoms with Crippen molar-refractivity contribution in [3.05, 3.63) is 58.6 Å². The van der Waals surface area contributed by atoms with Gasteiger partial charge in [-0.2, -0.15) is 5.10 Å². The minimum atomic E-state index is -0.419. The highest BCUT2D eigenvalue weighted by Crippen LogP contribution is 2.24. The van der Waals surface area contributed by atoms with Crippen LogP contribution < -0.4 is 10.3 Å². The van der Waals surface area contributed by atoms with Crippen LogP contribution in [0.2, 0.25) is 5.02 Å². The number of hydrogen-bond donors (Lipinski definition) is 1. The highest BCUT2D eigenvalue weighted by Gasteiger charge is 2.26. The molecule has 1 aliphatic rings. The molecule has 8 heteroatoms. The lowest BCUT2D eigenvalue weighted by Gasteiger charge is -2.23. The van der Waals surface area contributed by atoms with E-state index in [0.29, 0.717) is 16.9 Å². The van der Waals surface area contributed by atoms with Crippen molar-refractivity contribution >= 4 is 46.4 Å². The number of benzene rings is 2. The van der Waals surface area contributed by atoms with E-state index in [0.717, 1.165) is 5.56 Å². The zero-order valence-electron chi connectivity index (χ0n) is 16.4. The molecule has 0 atom stereocenters. The van der Waals surface area contributed by atoms with Crippen LogP contribution in [0.4, 0.5) is 11.4 Å². The molecule has 150 valence electrons. The molecule has 0 unspecified atom stereocenters. The van der Waals surface area contributed by atoms with E-state index in [-0.39, 0.29) is 35.4 Å². The third kappa shape index (κ3) is 4.63. The molecule has 7 nitrogen and oxygen atoms in total. The minimum absolute atomic E-state index is 0.165. The fourth-order valence-corrected chi connectivity index (χ4v) is 3.15. The average Bonchev–Trinajstić information content (AvgIpc) is 2.67. The van der Waals surface area contributed by atoms with Gasteiger partial charge in [-0.3, -0.25) is 14.4 Å². The summed E-state index contributed by atoms with van der Waals surface area (Å²) in [5.74, 6) is -0.809. The Kier molecular flexibility index (Phi) is 5.98. The molecule has 1 N–H and O–H groups in total. The number of rotatable bonds is 4. The van der Waals surface area contributed by atoms with Gasteiger partial charge in [-0.15, -0.1) is 0 Å². The van der Waals surface area contributed by atoms with Crippen LogP contribution in [-0.4, -0.2) is 42.4 Å². The minimum Gasteiger partial charge on any atom is -0.345 e. The maximum absolute atomic E-state index is 12.7. The van der Waals surface area contributed by atoms with Gasteiger partial charge in [-0.1, -0.05) is 23.7 Å². The highest BCUT2D eigenvalue weighted by atomic mass is 35.5. The Morgan fingerprint density at radius 3 is 2.55 bits per heavy atom. The summed E-state index contributed by atoms with van der Waals surface area (Å²) in [6.07, 6.45) is 0.440. The van der Waals surface area contributed by atoms with Crippen molar-refractivity contribution in [2.24, 2.45) is 5.10 Å². The monoisotopic (exact) mass is 412 g/mol. The quantitative estimate of drug-likeness (QED) is 0.834. The van der Waals surface area contributed by atoms with Gasteiger partial charge in [0.25, 0.3) is 11.8 Å². The predicted octanol–water partition coefficient (Wildman–Crippen LogP) is 3.47. The van der Waals surface area contributed by atoms with Gasteiger partial charge in [0.2, 0.25) is 5.91 Å². The Morgan fingerprint density at radius 2 is 1.90 bits per heavy atom. The number of amides is 3. The first kappa shape index (κ1) is 20.5. The summed E-state index contributed by atoms with van der Waals surface area (Å²) >= 11 is 6.19. The summed E-state index contributed by atoms with van der Waals surface area (Å²) < 4.78 is 0. The first-order valence-electron chi connectivity index (χ1n) is 9.06. The maximum Gasteiger partial charge on any atom is 0.271 e. The molecule has 0 radical (unpaired) electrons. The highest BCUT2D eigenvalue weighted by molar-refractivity contribution is 6.44. The number of hydrogen-bond acceptors (Lipinski definition) is 4. The second kappa shape index (κ2) is 8.45. The molecule has 2 aromatic rings. The topological polar surface area (TPSA) is 82.1 Å². The number of aryl methyl sites for hydroxylation is 1. The fraction of sp³-hybridized carbons (Fsp3) is 0.238. The number of anilines is 2. The third-order valence-corrected chi connectivity index (χ3v) is 4.72. The third-order valence-electron chi connectivity index (χ3n) is 4.40. The molecule has 3 amide bonds. The van der Waals surface area contributed by atoms with Crippen LogP contribution in [0, 0.1) is 6.92 Å². The van der Waals surface area contributed by atoms with Gasteiger partial charge in [0.05, 0.1) is 16.3 Å². The van der Waals surface area contributed by atoms with Crippen LogP contribution in [0.15, 0.2) is 47.6 Å². The predicted molar refractivity (Wildman–Crippen MR) is 113 cm³/mol. The zero-order valence-corrected chi connectivity index (χ0v) is 17.2. The van der Waals surface area contributed by atoms with Crippen molar-refractivity contribution in [1.82, 2.24) is 4.90 Å². The van der Waals surface area contributed by atoms with E-state index in [9.17, 15) is 14.4 Å². The molecule has 1 aliphatic heterocycles. The van der Waals surface area contributed by atoms with E-state index in [1.165, 1.54) is 16.0 Å². The molecular formula is C21H21ClN4O3. The summed E-state index contributed by atoms with van der Waals surface area (Å²) in [5, 5.41) is 8.49. The number of nitrogens with one attached hydrogen (secondary N) is 1. The lowest BCUT2D eigenvalue weighted by atomic mass is 10.1. The van der Waals surface area contributed by atoms with Crippen LogP contribution in [0.1, 0.15) is 28.8 Å². The van der Waals surface area contributed by atoms with E-state index in [1.807, 2.05) is 25.1 Å². The van der Waals surface area contributed by atoms with Crippen molar-refractivity contribution in [1.29, 1.82) is 0 Å². The molecule has 0 saturated carbocycles. The van der Waals surface area contributed by atoms with Crippen molar-refractivity contribution < 1.29 is 14.4 Å². The van der Waals surface area contributed by atoms with E-state index < -0.39 is 5.91 Å². The number of nitrogens with zero attached hydrogens (tertiary/aromatic N) is 3. The lowest BCUT2D eigenvalue weighted by molar-refractivity contribution is -0.118. The molecule has 0 bridgehead atoms. The molecule has 29 heavy (non-hydrogen) atoms. The summed E-state index contributed by atoms with van der Waals surface area (Å²) in [6.45, 7) is 1.92. The van der Waals surface area contributed by atoms with Gasteiger partial charge in [0.1, 0.15) is 5.71 Å². The first-order chi connectivity index (χ1) is 13.8. The lowest BCUT2D eigenvalue weighted by Crippen LogP contribution is -2.36. The number of carbonyl (C=O) groups excluding carboxylic acids is 3. The average molecular weight is 413 g/mol. The summed E-state index contributed by atoms with van der Waals surface area (Å²) in [6, 6.07) is 12.0. The number of carbonyl (C=O) groups is 3. The van der Waals surface area contributed by atoms with Crippen LogP contribution in [-0.2, 0) is 9.59 Å². The molecule has 0 aromatic heterocycles. The molecule has 3 rings (SSSR count). The second-order valence-electron chi connectivity index (χ2n) is 6.94. The van der Waals surface area contributed by atoms with Gasteiger partial charge in [0.15, 0.2) is 0 Å². The van der Waals surface area contributed by atoms with Crippen molar-refractivity contribution in [2.75, 3.05) is 24.4 Å². The Labute approximate surface area is 173 Å². The Balaban J connectivity index is 1.80. The smallest absolute Gasteiger partial charge is 0.271 e. The molecule has 2 aromatic carbocycles. The first-order valence-corrected chi connectivity index (χ1v) is 9.43. The summed E-state index contributed by atoms with van der Waals surface area (Å²) in [4.78, 5) is 38.4. The largest absolute Gasteiger partial charge is 0.345 e. The maximum atomic E-state index is 12.7. The Hall–Kier alpha value is -3.19. The summed E-state index contributed by atoms with van der Waals surface area (Å²) in [5.41, 5.74) is 2.65. The number of hydrazone groups is 1. The normalized spacial score (nSPS) is 13.7. The SMILES string of the molecule is Cc1cccc(N2N=C(C(=O)Nc3ccc(C(=O)N(C)C)c(Cl)c3)CCC2=O)c1. The molecule has 0 aliphatic carbocycles. The van der Waals surface area contributed by atoms with Gasteiger partial charge < -0.3 is 10.2 Å². The van der Waals surface area contributed by atoms with E-state index in [4.69, 9.17) is 11.6 Å². The van der Waals surface area contributed by atoms with Gasteiger partial charge in [0, 0.05) is 32.6 Å². The van der Waals surface area contributed by atoms with Gasteiger partial charge >= 0.3 is 0 Å². The Bertz CT molecular complexity index is 1020. The van der Waals surface area contributed by atoms with Crippen molar-refractivity contribution in [2.45, 2.75) is 19.8 Å². The number of halogens is 1. The standard InChI is InChI=1S/C21H21ClN4O3/c1-13-5-4-6-15(11-13)26-19(27)10-9-18(24-26)20(28)23-14-7-8-16(17(22)12-14)21(29)25(2)3/h4-8,11-12H,9-10H2,1-3H3,(H,23,28).